The highest BCUT2D eigenvalue weighted by atomic mass is 32.1. The summed E-state index contributed by atoms with van der Waals surface area (Å²) in [5.74, 6) is 0.0784. The van der Waals surface area contributed by atoms with Gasteiger partial charge in [0, 0.05) is 12.5 Å². The Kier molecular flexibility index (Phi) is 3.81. The minimum Gasteiger partial charge on any atom is -0.334 e. The van der Waals surface area contributed by atoms with Crippen molar-refractivity contribution in [3.05, 3.63) is 51.5 Å². The first-order chi connectivity index (χ1) is 10.4. The summed E-state index contributed by atoms with van der Waals surface area (Å²) in [6.45, 7) is 6.37. The molecule has 116 valence electrons. The highest BCUT2D eigenvalue weighted by Gasteiger charge is 2.30. The lowest BCUT2D eigenvalue weighted by molar-refractivity contribution is 0.0735. The normalized spacial score (nSPS) is 17.4. The predicted molar refractivity (Wildman–Crippen MR) is 90.4 cm³/mol. The molecule has 0 saturated heterocycles. The van der Waals surface area contributed by atoms with Crippen LogP contribution in [0.4, 0.5) is 0 Å². The molecule has 1 aliphatic carbocycles. The summed E-state index contributed by atoms with van der Waals surface area (Å²) in [6, 6.07) is 8.62. The van der Waals surface area contributed by atoms with Crippen molar-refractivity contribution in [3.8, 4) is 0 Å². The number of aryl methyl sites for hydroxylation is 1. The topological polar surface area (TPSA) is 33.2 Å². The fourth-order valence-electron chi connectivity index (χ4n) is 2.97. The van der Waals surface area contributed by atoms with E-state index in [0.717, 1.165) is 22.7 Å². The Hall–Kier alpha value is -1.68. The first-order valence-electron chi connectivity index (χ1n) is 7.69. The van der Waals surface area contributed by atoms with Crippen LogP contribution in [0.1, 0.15) is 59.0 Å². The fourth-order valence-corrected chi connectivity index (χ4v) is 3.93. The van der Waals surface area contributed by atoms with Gasteiger partial charge in [-0.1, -0.05) is 45.0 Å². The van der Waals surface area contributed by atoms with Crippen LogP contribution in [0.25, 0.3) is 0 Å². The number of hydrogen-bond donors (Lipinski definition) is 0. The lowest BCUT2D eigenvalue weighted by atomic mass is 9.98. The summed E-state index contributed by atoms with van der Waals surface area (Å²) < 4.78 is 0. The predicted octanol–water partition coefficient (Wildman–Crippen LogP) is 4.20. The Morgan fingerprint density at radius 2 is 2.05 bits per heavy atom. The van der Waals surface area contributed by atoms with E-state index < -0.39 is 0 Å². The molecule has 0 fully saturated rings. The van der Waals surface area contributed by atoms with Gasteiger partial charge in [0.1, 0.15) is 4.88 Å². The second-order valence-electron chi connectivity index (χ2n) is 6.95. The van der Waals surface area contributed by atoms with E-state index in [1.807, 2.05) is 11.9 Å². The van der Waals surface area contributed by atoms with E-state index in [1.54, 1.807) is 6.20 Å². The molecule has 0 radical (unpaired) electrons. The monoisotopic (exact) mass is 314 g/mol. The van der Waals surface area contributed by atoms with Crippen LogP contribution >= 0.6 is 11.3 Å². The van der Waals surface area contributed by atoms with Crippen molar-refractivity contribution in [3.63, 3.8) is 0 Å². The Morgan fingerprint density at radius 1 is 1.32 bits per heavy atom. The van der Waals surface area contributed by atoms with Crippen molar-refractivity contribution in [2.75, 3.05) is 7.05 Å². The highest BCUT2D eigenvalue weighted by molar-refractivity contribution is 7.13. The van der Waals surface area contributed by atoms with Crippen LogP contribution in [0.15, 0.2) is 30.5 Å². The molecule has 1 unspecified atom stereocenters. The second-order valence-corrected chi connectivity index (χ2v) is 7.98. The average molecular weight is 314 g/mol. The van der Waals surface area contributed by atoms with Gasteiger partial charge in [0.25, 0.3) is 5.91 Å². The summed E-state index contributed by atoms with van der Waals surface area (Å²) in [4.78, 5) is 19.8. The maximum Gasteiger partial charge on any atom is 0.265 e. The number of nitrogens with zero attached hydrogens (tertiary/aromatic N) is 2. The molecule has 22 heavy (non-hydrogen) atoms. The first-order valence-corrected chi connectivity index (χ1v) is 8.51. The summed E-state index contributed by atoms with van der Waals surface area (Å²) in [5.41, 5.74) is 2.65. The molecule has 0 saturated carbocycles. The average Bonchev–Trinajstić information content (AvgIpc) is 3.12. The smallest absolute Gasteiger partial charge is 0.265 e. The number of carbonyl (C=O) groups excluding carboxylic acids is 1. The van der Waals surface area contributed by atoms with Gasteiger partial charge in [0.15, 0.2) is 0 Å². The summed E-state index contributed by atoms with van der Waals surface area (Å²) in [6.07, 6.45) is 3.78. The number of carbonyl (C=O) groups is 1. The number of fused-ring (bicyclic) bond motifs is 1. The van der Waals surface area contributed by atoms with Crippen LogP contribution in [-0.4, -0.2) is 22.8 Å². The standard InChI is InChI=1S/C18H22N2OS/c1-18(2,3)17-19-11-15(22-17)16(21)20(4)14-10-9-12-7-5-6-8-13(12)14/h5-8,11,14H,9-10H2,1-4H3. The molecule has 3 nitrogen and oxygen atoms in total. The van der Waals surface area contributed by atoms with Gasteiger partial charge in [-0.15, -0.1) is 11.3 Å². The molecule has 1 aliphatic rings. The zero-order valence-electron chi connectivity index (χ0n) is 13.6. The zero-order valence-corrected chi connectivity index (χ0v) is 14.4. The number of hydrogen-bond acceptors (Lipinski definition) is 3. The zero-order chi connectivity index (χ0) is 15.9. The van der Waals surface area contributed by atoms with Crippen molar-refractivity contribution in [1.82, 2.24) is 9.88 Å². The van der Waals surface area contributed by atoms with Gasteiger partial charge in [-0.05, 0) is 24.0 Å². The number of thiazole rings is 1. The molecule has 1 aromatic carbocycles. The van der Waals surface area contributed by atoms with Crippen LogP contribution in [0.3, 0.4) is 0 Å². The van der Waals surface area contributed by atoms with E-state index >= 15 is 0 Å². The third-order valence-corrected chi connectivity index (χ3v) is 5.66. The van der Waals surface area contributed by atoms with Crippen LogP contribution < -0.4 is 0 Å². The Labute approximate surface area is 136 Å². The van der Waals surface area contributed by atoms with Crippen molar-refractivity contribution >= 4 is 17.2 Å². The Bertz CT molecular complexity index is 699. The maximum atomic E-state index is 12.8. The number of aromatic nitrogens is 1. The van der Waals surface area contributed by atoms with Gasteiger partial charge in [-0.3, -0.25) is 4.79 Å². The van der Waals surface area contributed by atoms with Gasteiger partial charge < -0.3 is 4.90 Å². The number of benzene rings is 1. The van der Waals surface area contributed by atoms with Gasteiger partial charge in [-0.25, -0.2) is 4.98 Å². The molecule has 4 heteroatoms. The molecule has 3 rings (SSSR count). The number of rotatable bonds is 2. The van der Waals surface area contributed by atoms with E-state index in [9.17, 15) is 4.79 Å². The van der Waals surface area contributed by atoms with Gasteiger partial charge in [-0.2, -0.15) is 0 Å². The minimum atomic E-state index is -0.0122. The van der Waals surface area contributed by atoms with Gasteiger partial charge in [0.2, 0.25) is 0 Å². The molecule has 2 aromatic rings. The van der Waals surface area contributed by atoms with E-state index in [0.29, 0.717) is 0 Å². The van der Waals surface area contributed by atoms with E-state index in [4.69, 9.17) is 0 Å². The van der Waals surface area contributed by atoms with Crippen LogP contribution in [-0.2, 0) is 11.8 Å². The molecule has 1 aromatic heterocycles. The molecule has 0 aliphatic heterocycles. The Morgan fingerprint density at radius 3 is 2.73 bits per heavy atom. The summed E-state index contributed by atoms with van der Waals surface area (Å²) in [7, 11) is 1.91. The SMILES string of the molecule is CN(C(=O)c1cnc(C(C)(C)C)s1)C1CCc2ccccc21. The molecule has 1 atom stereocenters. The van der Waals surface area contributed by atoms with E-state index in [1.165, 1.54) is 22.5 Å². The first kappa shape index (κ1) is 15.2. The van der Waals surface area contributed by atoms with Crippen molar-refractivity contribution in [2.45, 2.75) is 45.1 Å². The third kappa shape index (κ3) is 2.68. The van der Waals surface area contributed by atoms with Gasteiger partial charge in [0.05, 0.1) is 17.2 Å². The second kappa shape index (κ2) is 5.51. The molecule has 1 heterocycles. The Balaban J connectivity index is 1.83. The van der Waals surface area contributed by atoms with Gasteiger partial charge >= 0.3 is 0 Å². The van der Waals surface area contributed by atoms with Crippen LogP contribution in [0, 0.1) is 0 Å². The van der Waals surface area contributed by atoms with Crippen molar-refractivity contribution in [2.24, 2.45) is 0 Å². The van der Waals surface area contributed by atoms with Crippen LogP contribution in [0.2, 0.25) is 0 Å². The molecule has 0 spiro atoms. The molecule has 1 amide bonds. The fraction of sp³-hybridized carbons (Fsp3) is 0.444. The molecular weight excluding hydrogens is 292 g/mol. The number of amides is 1. The highest BCUT2D eigenvalue weighted by Crippen LogP contribution is 2.36. The van der Waals surface area contributed by atoms with E-state index in [2.05, 4.69) is 50.0 Å². The maximum absolute atomic E-state index is 12.8. The third-order valence-electron chi connectivity index (χ3n) is 4.25. The lowest BCUT2D eigenvalue weighted by Crippen LogP contribution is -2.29. The van der Waals surface area contributed by atoms with E-state index in [-0.39, 0.29) is 17.4 Å². The molecular formula is C18H22N2OS. The van der Waals surface area contributed by atoms with Crippen molar-refractivity contribution < 1.29 is 4.79 Å². The van der Waals surface area contributed by atoms with Crippen molar-refractivity contribution in [1.29, 1.82) is 0 Å². The summed E-state index contributed by atoms with van der Waals surface area (Å²) >= 11 is 1.51. The minimum absolute atomic E-state index is 0.0122. The quantitative estimate of drug-likeness (QED) is 0.832. The van der Waals surface area contributed by atoms with Crippen LogP contribution in [0.5, 0.6) is 0 Å². The summed E-state index contributed by atoms with van der Waals surface area (Å²) in [5, 5.41) is 1.01. The molecule has 0 N–H and O–H groups in total. The lowest BCUT2D eigenvalue weighted by Gasteiger charge is -2.25. The molecule has 0 bridgehead atoms. The largest absolute Gasteiger partial charge is 0.334 e.